The van der Waals surface area contributed by atoms with Gasteiger partial charge in [-0.15, -0.1) is 0 Å². The van der Waals surface area contributed by atoms with Gasteiger partial charge in [0.05, 0.1) is 7.11 Å². The lowest BCUT2D eigenvalue weighted by atomic mass is 9.98. The van der Waals surface area contributed by atoms with Crippen LogP contribution < -0.4 is 10.1 Å². The fourth-order valence-electron chi connectivity index (χ4n) is 2.58. The van der Waals surface area contributed by atoms with E-state index in [1.807, 2.05) is 19.9 Å². The Morgan fingerprint density at radius 3 is 2.48 bits per heavy atom. The highest BCUT2D eigenvalue weighted by Gasteiger charge is 2.28. The van der Waals surface area contributed by atoms with Gasteiger partial charge < -0.3 is 14.8 Å². The van der Waals surface area contributed by atoms with Crippen LogP contribution in [0.3, 0.4) is 0 Å². The highest BCUT2D eigenvalue weighted by atomic mass is 19.1. The third-order valence-electron chi connectivity index (χ3n) is 4.40. The van der Waals surface area contributed by atoms with Crippen LogP contribution in [0, 0.1) is 11.7 Å². The van der Waals surface area contributed by atoms with Crippen LogP contribution in [-0.4, -0.2) is 25.0 Å². The van der Waals surface area contributed by atoms with Gasteiger partial charge in [-0.1, -0.05) is 38.5 Å². The van der Waals surface area contributed by atoms with Crippen LogP contribution in [-0.2, 0) is 16.1 Å². The summed E-state index contributed by atoms with van der Waals surface area (Å²) in [5.74, 6) is -1.06. The maximum Gasteiger partial charge on any atom is 0.329 e. The topological polar surface area (TPSA) is 64.6 Å². The summed E-state index contributed by atoms with van der Waals surface area (Å²) >= 11 is 0. The van der Waals surface area contributed by atoms with Gasteiger partial charge in [0.25, 0.3) is 5.91 Å². The van der Waals surface area contributed by atoms with E-state index in [1.54, 1.807) is 24.3 Å². The molecule has 2 rings (SSSR count). The summed E-state index contributed by atoms with van der Waals surface area (Å²) in [5, 5.41) is 2.74. The normalized spacial score (nSPS) is 12.7. The first-order valence-electron chi connectivity index (χ1n) is 8.81. The van der Waals surface area contributed by atoms with Crippen molar-refractivity contribution in [3.05, 3.63) is 65.5 Å². The third kappa shape index (κ3) is 5.54. The van der Waals surface area contributed by atoms with Crippen molar-refractivity contribution in [2.75, 3.05) is 7.11 Å². The quantitative estimate of drug-likeness (QED) is 0.716. The van der Waals surface area contributed by atoms with E-state index in [0.29, 0.717) is 23.3 Å². The highest BCUT2D eigenvalue weighted by molar-refractivity contribution is 5.96. The smallest absolute Gasteiger partial charge is 0.329 e. The molecule has 27 heavy (non-hydrogen) atoms. The zero-order valence-electron chi connectivity index (χ0n) is 15.7. The van der Waals surface area contributed by atoms with E-state index in [4.69, 9.17) is 9.47 Å². The summed E-state index contributed by atoms with van der Waals surface area (Å²) in [7, 11) is 1.46. The molecule has 0 heterocycles. The van der Waals surface area contributed by atoms with Gasteiger partial charge in [0.1, 0.15) is 24.2 Å². The van der Waals surface area contributed by atoms with Gasteiger partial charge in [-0.2, -0.15) is 0 Å². The maximum atomic E-state index is 13.5. The molecule has 0 aliphatic heterocycles. The maximum absolute atomic E-state index is 13.5. The predicted octanol–water partition coefficient (Wildman–Crippen LogP) is 3.72. The standard InChI is InChI=1S/C21H24FNO4/c1-4-14(2)19(23-20(24)15-8-6-5-7-9-15)21(25)27-13-16-12-17(22)10-11-18(16)26-3/h5-12,14,19H,4,13H2,1-3H3,(H,23,24)/t14-,19+/m0/s1. The van der Waals surface area contributed by atoms with Crippen molar-refractivity contribution in [2.45, 2.75) is 32.9 Å². The Balaban J connectivity index is 2.09. The number of esters is 1. The minimum atomic E-state index is -0.803. The number of ether oxygens (including phenoxy) is 2. The van der Waals surface area contributed by atoms with Gasteiger partial charge in [0.15, 0.2) is 0 Å². The average Bonchev–Trinajstić information content (AvgIpc) is 2.70. The van der Waals surface area contributed by atoms with Crippen LogP contribution in [0.2, 0.25) is 0 Å². The molecule has 6 heteroatoms. The van der Waals surface area contributed by atoms with Crippen LogP contribution in [0.5, 0.6) is 5.75 Å². The zero-order chi connectivity index (χ0) is 19.8. The van der Waals surface area contributed by atoms with Gasteiger partial charge in [0.2, 0.25) is 0 Å². The number of hydrogen-bond donors (Lipinski definition) is 1. The largest absolute Gasteiger partial charge is 0.496 e. The molecule has 0 bridgehead atoms. The van der Waals surface area contributed by atoms with E-state index in [2.05, 4.69) is 5.32 Å². The molecule has 0 fully saturated rings. The number of hydrogen-bond acceptors (Lipinski definition) is 4. The number of halogens is 1. The molecule has 1 amide bonds. The fraction of sp³-hybridized carbons (Fsp3) is 0.333. The number of rotatable bonds is 8. The Labute approximate surface area is 158 Å². The predicted molar refractivity (Wildman–Crippen MR) is 99.9 cm³/mol. The summed E-state index contributed by atoms with van der Waals surface area (Å²) in [6.07, 6.45) is 0.679. The second-order valence-electron chi connectivity index (χ2n) is 6.27. The van der Waals surface area contributed by atoms with Crippen LogP contribution in [0.25, 0.3) is 0 Å². The molecule has 0 aromatic heterocycles. The van der Waals surface area contributed by atoms with Gasteiger partial charge in [-0.3, -0.25) is 4.79 Å². The number of carbonyl (C=O) groups excluding carboxylic acids is 2. The van der Waals surface area contributed by atoms with Crippen molar-refractivity contribution in [1.29, 1.82) is 0 Å². The van der Waals surface area contributed by atoms with Gasteiger partial charge >= 0.3 is 5.97 Å². The van der Waals surface area contributed by atoms with Crippen LogP contribution in [0.4, 0.5) is 4.39 Å². The Bertz CT molecular complexity index is 779. The molecule has 2 aromatic rings. The van der Waals surface area contributed by atoms with Crippen molar-refractivity contribution in [2.24, 2.45) is 5.92 Å². The van der Waals surface area contributed by atoms with Gasteiger partial charge in [-0.05, 0) is 36.2 Å². The lowest BCUT2D eigenvalue weighted by molar-refractivity contribution is -0.148. The molecule has 0 saturated heterocycles. The van der Waals surface area contributed by atoms with E-state index in [9.17, 15) is 14.0 Å². The second kappa shape index (κ2) is 9.71. The highest BCUT2D eigenvalue weighted by Crippen LogP contribution is 2.21. The Morgan fingerprint density at radius 2 is 1.85 bits per heavy atom. The second-order valence-corrected chi connectivity index (χ2v) is 6.27. The molecule has 0 radical (unpaired) electrons. The average molecular weight is 373 g/mol. The van der Waals surface area contributed by atoms with Gasteiger partial charge in [0, 0.05) is 11.1 Å². The van der Waals surface area contributed by atoms with E-state index < -0.39 is 17.8 Å². The number of amides is 1. The van der Waals surface area contributed by atoms with Crippen molar-refractivity contribution < 1.29 is 23.5 Å². The van der Waals surface area contributed by atoms with E-state index >= 15 is 0 Å². The summed E-state index contributed by atoms with van der Waals surface area (Å²) < 4.78 is 24.0. The number of nitrogens with one attached hydrogen (secondary N) is 1. The Kier molecular flexibility index (Phi) is 7.34. The molecule has 144 valence electrons. The Hall–Kier alpha value is -2.89. The monoisotopic (exact) mass is 373 g/mol. The van der Waals surface area contributed by atoms with Crippen LogP contribution >= 0.6 is 0 Å². The minimum Gasteiger partial charge on any atom is -0.496 e. The number of methoxy groups -OCH3 is 1. The first kappa shape index (κ1) is 20.4. The van der Waals surface area contributed by atoms with Crippen molar-refractivity contribution in [1.82, 2.24) is 5.32 Å². The number of benzene rings is 2. The third-order valence-corrected chi connectivity index (χ3v) is 4.40. The molecule has 2 atom stereocenters. The summed E-state index contributed by atoms with van der Waals surface area (Å²) in [5.41, 5.74) is 0.883. The van der Waals surface area contributed by atoms with Crippen molar-refractivity contribution in [3.63, 3.8) is 0 Å². The molecule has 1 N–H and O–H groups in total. The lowest BCUT2D eigenvalue weighted by Gasteiger charge is -2.23. The van der Waals surface area contributed by atoms with E-state index in [-0.39, 0.29) is 18.4 Å². The first-order valence-corrected chi connectivity index (χ1v) is 8.81. The van der Waals surface area contributed by atoms with Gasteiger partial charge in [-0.25, -0.2) is 9.18 Å². The molecule has 0 aliphatic rings. The summed E-state index contributed by atoms with van der Waals surface area (Å²) in [6.45, 7) is 3.64. The molecular formula is C21H24FNO4. The lowest BCUT2D eigenvalue weighted by Crippen LogP contribution is -2.45. The molecule has 0 spiro atoms. The fourth-order valence-corrected chi connectivity index (χ4v) is 2.58. The summed E-state index contributed by atoms with van der Waals surface area (Å²) in [6, 6.07) is 11.9. The molecule has 0 aliphatic carbocycles. The summed E-state index contributed by atoms with van der Waals surface area (Å²) in [4.78, 5) is 25.0. The minimum absolute atomic E-state index is 0.125. The Morgan fingerprint density at radius 1 is 1.15 bits per heavy atom. The molecule has 2 aromatic carbocycles. The van der Waals surface area contributed by atoms with Crippen LogP contribution in [0.15, 0.2) is 48.5 Å². The molecular weight excluding hydrogens is 349 g/mol. The van der Waals surface area contributed by atoms with Crippen molar-refractivity contribution in [3.8, 4) is 5.75 Å². The first-order chi connectivity index (χ1) is 13.0. The van der Waals surface area contributed by atoms with Crippen LogP contribution in [0.1, 0.15) is 36.2 Å². The molecule has 5 nitrogen and oxygen atoms in total. The van der Waals surface area contributed by atoms with E-state index in [0.717, 1.165) is 0 Å². The molecule has 0 saturated carbocycles. The van der Waals surface area contributed by atoms with Crippen molar-refractivity contribution >= 4 is 11.9 Å². The number of carbonyl (C=O) groups is 2. The van der Waals surface area contributed by atoms with E-state index in [1.165, 1.54) is 25.3 Å². The zero-order valence-corrected chi connectivity index (χ0v) is 15.7. The molecule has 0 unspecified atom stereocenters. The SMILES string of the molecule is CC[C@H](C)[C@@H](NC(=O)c1ccccc1)C(=O)OCc1cc(F)ccc1OC.